The summed E-state index contributed by atoms with van der Waals surface area (Å²) in [5, 5.41) is 3.75. The van der Waals surface area contributed by atoms with Gasteiger partial charge in [-0.1, -0.05) is 11.3 Å². The number of hydrogen-bond donors (Lipinski definition) is 1. The van der Waals surface area contributed by atoms with Crippen LogP contribution in [0.4, 0.5) is 0 Å². The maximum atomic E-state index is 11.4. The fourth-order valence-electron chi connectivity index (χ4n) is 1.09. The lowest BCUT2D eigenvalue weighted by Crippen LogP contribution is -2.17. The molecule has 0 bridgehead atoms. The third-order valence-electron chi connectivity index (χ3n) is 1.78. The molecule has 0 aliphatic rings. The SMILES string of the molecule is CNC(=O)c1nc2c(SC)ncnc2s1. The number of carbonyl (C=O) groups excluding carboxylic acids is 1. The Hall–Kier alpha value is -1.21. The number of aromatic nitrogens is 3. The third kappa shape index (κ3) is 1.80. The first-order valence-corrected chi connectivity index (χ1v) is 6.18. The number of rotatable bonds is 2. The normalized spacial score (nSPS) is 10.5. The Morgan fingerprint density at radius 2 is 2.33 bits per heavy atom. The van der Waals surface area contributed by atoms with E-state index in [4.69, 9.17) is 0 Å². The van der Waals surface area contributed by atoms with E-state index in [0.717, 1.165) is 9.86 Å². The van der Waals surface area contributed by atoms with Gasteiger partial charge >= 0.3 is 0 Å². The van der Waals surface area contributed by atoms with E-state index < -0.39 is 0 Å². The molecule has 0 atom stereocenters. The maximum Gasteiger partial charge on any atom is 0.280 e. The van der Waals surface area contributed by atoms with Crippen LogP contribution >= 0.6 is 23.1 Å². The molecule has 7 heteroatoms. The van der Waals surface area contributed by atoms with E-state index in [9.17, 15) is 4.79 Å². The molecule has 0 spiro atoms. The van der Waals surface area contributed by atoms with Crippen LogP contribution < -0.4 is 5.32 Å². The molecular formula is C8H8N4OS2. The average molecular weight is 240 g/mol. The van der Waals surface area contributed by atoms with Crippen molar-refractivity contribution >= 4 is 39.4 Å². The Balaban J connectivity index is 2.60. The van der Waals surface area contributed by atoms with Gasteiger partial charge in [-0.15, -0.1) is 11.8 Å². The summed E-state index contributed by atoms with van der Waals surface area (Å²) < 4.78 is 0. The first-order chi connectivity index (χ1) is 7.26. The monoisotopic (exact) mass is 240 g/mol. The lowest BCUT2D eigenvalue weighted by Gasteiger charge is -1.93. The van der Waals surface area contributed by atoms with E-state index in [1.165, 1.54) is 29.4 Å². The topological polar surface area (TPSA) is 67.8 Å². The summed E-state index contributed by atoms with van der Waals surface area (Å²) in [6.07, 6.45) is 3.40. The lowest BCUT2D eigenvalue weighted by atomic mass is 10.6. The van der Waals surface area contributed by atoms with E-state index in [2.05, 4.69) is 20.3 Å². The van der Waals surface area contributed by atoms with Crippen LogP contribution in [0.15, 0.2) is 11.4 Å². The van der Waals surface area contributed by atoms with Gasteiger partial charge < -0.3 is 5.32 Å². The minimum Gasteiger partial charge on any atom is -0.353 e. The number of nitrogens with zero attached hydrogens (tertiary/aromatic N) is 3. The van der Waals surface area contributed by atoms with Crippen LogP contribution in [0.3, 0.4) is 0 Å². The molecule has 0 aliphatic heterocycles. The number of thioether (sulfide) groups is 1. The van der Waals surface area contributed by atoms with Gasteiger partial charge in [0.25, 0.3) is 5.91 Å². The largest absolute Gasteiger partial charge is 0.353 e. The molecule has 0 unspecified atom stereocenters. The zero-order valence-corrected chi connectivity index (χ0v) is 9.78. The predicted molar refractivity (Wildman–Crippen MR) is 60.4 cm³/mol. The molecule has 2 aromatic heterocycles. The van der Waals surface area contributed by atoms with Gasteiger partial charge in [-0.25, -0.2) is 15.0 Å². The smallest absolute Gasteiger partial charge is 0.280 e. The zero-order valence-electron chi connectivity index (χ0n) is 8.14. The van der Waals surface area contributed by atoms with Gasteiger partial charge in [-0.3, -0.25) is 4.79 Å². The van der Waals surface area contributed by atoms with E-state index >= 15 is 0 Å². The number of thiazole rings is 1. The zero-order chi connectivity index (χ0) is 10.8. The van der Waals surface area contributed by atoms with Crippen LogP contribution in [0.5, 0.6) is 0 Å². The van der Waals surface area contributed by atoms with E-state index in [0.29, 0.717) is 10.5 Å². The Labute approximate surface area is 94.3 Å². The van der Waals surface area contributed by atoms with Gasteiger partial charge in [-0.05, 0) is 6.26 Å². The Kier molecular flexibility index (Phi) is 2.83. The summed E-state index contributed by atoms with van der Waals surface area (Å²) in [5.41, 5.74) is 0.702. The highest BCUT2D eigenvalue weighted by Crippen LogP contribution is 2.26. The summed E-state index contributed by atoms with van der Waals surface area (Å²) in [7, 11) is 1.58. The van der Waals surface area contributed by atoms with Crippen molar-refractivity contribution in [1.82, 2.24) is 20.3 Å². The molecule has 0 saturated heterocycles. The molecule has 2 aromatic rings. The van der Waals surface area contributed by atoms with E-state index in [-0.39, 0.29) is 5.91 Å². The molecule has 0 aliphatic carbocycles. The first-order valence-electron chi connectivity index (χ1n) is 4.14. The van der Waals surface area contributed by atoms with Crippen molar-refractivity contribution in [3.8, 4) is 0 Å². The molecule has 2 heterocycles. The number of hydrogen-bond acceptors (Lipinski definition) is 6. The van der Waals surface area contributed by atoms with Gasteiger partial charge in [-0.2, -0.15) is 0 Å². The fraction of sp³-hybridized carbons (Fsp3) is 0.250. The van der Waals surface area contributed by atoms with E-state index in [1.54, 1.807) is 7.05 Å². The highest BCUT2D eigenvalue weighted by atomic mass is 32.2. The molecule has 0 aromatic carbocycles. The summed E-state index contributed by atoms with van der Waals surface area (Å²) in [6, 6.07) is 0. The molecular weight excluding hydrogens is 232 g/mol. The molecule has 2 rings (SSSR count). The van der Waals surface area contributed by atoms with Crippen LogP contribution in [-0.2, 0) is 0 Å². The Morgan fingerprint density at radius 1 is 1.53 bits per heavy atom. The maximum absolute atomic E-state index is 11.4. The van der Waals surface area contributed by atoms with E-state index in [1.807, 2.05) is 6.26 Å². The van der Waals surface area contributed by atoms with Gasteiger partial charge in [0.15, 0.2) is 5.01 Å². The molecule has 5 nitrogen and oxygen atoms in total. The highest BCUT2D eigenvalue weighted by molar-refractivity contribution is 7.98. The van der Waals surface area contributed by atoms with Crippen molar-refractivity contribution in [1.29, 1.82) is 0 Å². The molecule has 0 fully saturated rings. The highest BCUT2D eigenvalue weighted by Gasteiger charge is 2.14. The second-order valence-electron chi connectivity index (χ2n) is 2.63. The van der Waals surface area contributed by atoms with Crippen LogP contribution in [-0.4, -0.2) is 34.2 Å². The Morgan fingerprint density at radius 3 is 3.00 bits per heavy atom. The van der Waals surface area contributed by atoms with Crippen molar-refractivity contribution in [2.75, 3.05) is 13.3 Å². The lowest BCUT2D eigenvalue weighted by molar-refractivity contribution is 0.0963. The summed E-state index contributed by atoms with van der Waals surface area (Å²) in [4.78, 5) is 24.5. The standard InChI is InChI=1S/C8H8N4OS2/c1-9-5(13)8-12-4-6(14-2)10-3-11-7(4)15-8/h3H,1-2H3,(H,9,13). The number of amides is 1. The minimum atomic E-state index is -0.190. The molecule has 0 saturated carbocycles. The quantitative estimate of drug-likeness (QED) is 0.630. The van der Waals surface area contributed by atoms with Gasteiger partial charge in [0.1, 0.15) is 21.7 Å². The van der Waals surface area contributed by atoms with Crippen LogP contribution in [0.1, 0.15) is 9.80 Å². The molecule has 1 amide bonds. The molecule has 15 heavy (non-hydrogen) atoms. The molecule has 0 radical (unpaired) electrons. The second kappa shape index (κ2) is 4.11. The third-order valence-corrected chi connectivity index (χ3v) is 3.42. The van der Waals surface area contributed by atoms with Crippen LogP contribution in [0.25, 0.3) is 10.3 Å². The van der Waals surface area contributed by atoms with Crippen molar-refractivity contribution in [3.05, 3.63) is 11.3 Å². The number of carbonyl (C=O) groups is 1. The van der Waals surface area contributed by atoms with Crippen LogP contribution in [0.2, 0.25) is 0 Å². The molecule has 1 N–H and O–H groups in total. The summed E-state index contributed by atoms with van der Waals surface area (Å²) >= 11 is 2.76. The fourth-order valence-corrected chi connectivity index (χ4v) is 2.49. The van der Waals surface area contributed by atoms with Gasteiger partial charge in [0, 0.05) is 7.05 Å². The van der Waals surface area contributed by atoms with Crippen molar-refractivity contribution in [2.45, 2.75) is 5.03 Å². The number of fused-ring (bicyclic) bond motifs is 1. The second-order valence-corrected chi connectivity index (χ2v) is 4.41. The summed E-state index contributed by atoms with van der Waals surface area (Å²) in [5.74, 6) is -0.190. The molecule has 78 valence electrons. The summed E-state index contributed by atoms with van der Waals surface area (Å²) in [6.45, 7) is 0. The average Bonchev–Trinajstić information content (AvgIpc) is 2.71. The van der Waals surface area contributed by atoms with Crippen LogP contribution in [0, 0.1) is 0 Å². The first kappa shape index (κ1) is 10.3. The van der Waals surface area contributed by atoms with Gasteiger partial charge in [0.05, 0.1) is 0 Å². The predicted octanol–water partition coefficient (Wildman–Crippen LogP) is 1.17. The van der Waals surface area contributed by atoms with Crippen molar-refractivity contribution in [2.24, 2.45) is 0 Å². The van der Waals surface area contributed by atoms with Crippen molar-refractivity contribution < 1.29 is 4.79 Å². The van der Waals surface area contributed by atoms with Crippen molar-refractivity contribution in [3.63, 3.8) is 0 Å². The Bertz CT molecular complexity index is 510. The minimum absolute atomic E-state index is 0.190. The number of nitrogens with one attached hydrogen (secondary N) is 1. The van der Waals surface area contributed by atoms with Gasteiger partial charge in [0.2, 0.25) is 0 Å².